The molecule has 0 aliphatic rings. The molecular weight excluding hydrogens is 296 g/mol. The standard InChI is InChI=1S/C16H12N4O3/c21-16(12-3-7-14(8-4-12)20(22)23)19-13-5-1-11(2-6-13)15-17-9-10-18-15/h1-10H,(H,17,18)(H,19,21). The van der Waals surface area contributed by atoms with E-state index < -0.39 is 4.92 Å². The number of hydrogen-bond donors (Lipinski definition) is 2. The number of carbonyl (C=O) groups excluding carboxylic acids is 1. The van der Waals surface area contributed by atoms with Crippen LogP contribution in [0.5, 0.6) is 0 Å². The first-order valence-electron chi connectivity index (χ1n) is 6.79. The maximum atomic E-state index is 12.1. The molecule has 114 valence electrons. The van der Waals surface area contributed by atoms with Crippen LogP contribution >= 0.6 is 0 Å². The highest BCUT2D eigenvalue weighted by Crippen LogP contribution is 2.19. The van der Waals surface area contributed by atoms with Gasteiger partial charge in [0.25, 0.3) is 11.6 Å². The van der Waals surface area contributed by atoms with Gasteiger partial charge in [0.05, 0.1) is 4.92 Å². The van der Waals surface area contributed by atoms with Gasteiger partial charge in [0.1, 0.15) is 5.82 Å². The van der Waals surface area contributed by atoms with Crippen LogP contribution in [0.15, 0.2) is 60.9 Å². The third-order valence-electron chi connectivity index (χ3n) is 3.25. The fraction of sp³-hybridized carbons (Fsp3) is 0. The van der Waals surface area contributed by atoms with Crippen molar-refractivity contribution < 1.29 is 9.72 Å². The van der Waals surface area contributed by atoms with Gasteiger partial charge >= 0.3 is 0 Å². The van der Waals surface area contributed by atoms with Gasteiger partial charge < -0.3 is 10.3 Å². The molecule has 1 amide bonds. The lowest BCUT2D eigenvalue weighted by Gasteiger charge is -2.06. The molecule has 1 aromatic heterocycles. The molecule has 2 aromatic carbocycles. The van der Waals surface area contributed by atoms with Crippen molar-refractivity contribution in [2.75, 3.05) is 5.32 Å². The fourth-order valence-electron chi connectivity index (χ4n) is 2.07. The lowest BCUT2D eigenvalue weighted by Crippen LogP contribution is -2.11. The molecule has 0 bridgehead atoms. The van der Waals surface area contributed by atoms with E-state index in [9.17, 15) is 14.9 Å². The molecule has 3 rings (SSSR count). The lowest BCUT2D eigenvalue weighted by molar-refractivity contribution is -0.384. The van der Waals surface area contributed by atoms with Gasteiger partial charge in [0.15, 0.2) is 0 Å². The summed E-state index contributed by atoms with van der Waals surface area (Å²) in [5.41, 5.74) is 1.84. The van der Waals surface area contributed by atoms with Gasteiger partial charge in [-0.3, -0.25) is 14.9 Å². The van der Waals surface area contributed by atoms with Crippen molar-refractivity contribution in [3.8, 4) is 11.4 Å². The molecule has 0 fully saturated rings. The largest absolute Gasteiger partial charge is 0.345 e. The van der Waals surface area contributed by atoms with Crippen molar-refractivity contribution in [1.29, 1.82) is 0 Å². The molecule has 3 aromatic rings. The first-order valence-corrected chi connectivity index (χ1v) is 6.79. The molecule has 2 N–H and O–H groups in total. The number of aromatic nitrogens is 2. The maximum absolute atomic E-state index is 12.1. The van der Waals surface area contributed by atoms with Crippen LogP contribution in [-0.4, -0.2) is 20.8 Å². The first kappa shape index (κ1) is 14.5. The summed E-state index contributed by atoms with van der Waals surface area (Å²) in [7, 11) is 0. The van der Waals surface area contributed by atoms with E-state index in [0.717, 1.165) is 11.4 Å². The number of amides is 1. The molecule has 0 aliphatic heterocycles. The minimum absolute atomic E-state index is 0.0515. The van der Waals surface area contributed by atoms with Gasteiger partial charge in [-0.25, -0.2) is 4.98 Å². The van der Waals surface area contributed by atoms with Crippen LogP contribution in [0.3, 0.4) is 0 Å². The summed E-state index contributed by atoms with van der Waals surface area (Å²) in [6.45, 7) is 0. The summed E-state index contributed by atoms with van der Waals surface area (Å²) in [5, 5.41) is 13.3. The Bertz CT molecular complexity index is 825. The summed E-state index contributed by atoms with van der Waals surface area (Å²) >= 11 is 0. The Morgan fingerprint density at radius 2 is 1.78 bits per heavy atom. The van der Waals surface area contributed by atoms with Gasteiger partial charge in [-0.05, 0) is 36.4 Å². The average Bonchev–Trinajstić information content (AvgIpc) is 3.10. The van der Waals surface area contributed by atoms with E-state index in [0.29, 0.717) is 11.3 Å². The molecule has 0 saturated carbocycles. The van der Waals surface area contributed by atoms with Crippen molar-refractivity contribution in [1.82, 2.24) is 9.97 Å². The molecule has 0 spiro atoms. The molecule has 7 heteroatoms. The number of benzene rings is 2. The zero-order chi connectivity index (χ0) is 16.2. The fourth-order valence-corrected chi connectivity index (χ4v) is 2.07. The van der Waals surface area contributed by atoms with Crippen LogP contribution in [0.25, 0.3) is 11.4 Å². The number of anilines is 1. The molecular formula is C16H12N4O3. The van der Waals surface area contributed by atoms with Crippen LogP contribution in [0.1, 0.15) is 10.4 Å². The summed E-state index contributed by atoms with van der Waals surface area (Å²) in [5.74, 6) is 0.420. The Kier molecular flexibility index (Phi) is 3.84. The number of nitrogens with zero attached hydrogens (tertiary/aromatic N) is 2. The van der Waals surface area contributed by atoms with Crippen molar-refractivity contribution in [3.05, 3.63) is 76.6 Å². The second-order valence-corrected chi connectivity index (χ2v) is 4.77. The topological polar surface area (TPSA) is 101 Å². The molecule has 0 aliphatic carbocycles. The Labute approximate surface area is 131 Å². The number of carbonyl (C=O) groups is 1. The van der Waals surface area contributed by atoms with E-state index in [2.05, 4.69) is 15.3 Å². The molecule has 0 saturated heterocycles. The molecule has 1 heterocycles. The summed E-state index contributed by atoms with van der Waals surface area (Å²) < 4.78 is 0. The Morgan fingerprint density at radius 1 is 1.09 bits per heavy atom. The second-order valence-electron chi connectivity index (χ2n) is 4.77. The smallest absolute Gasteiger partial charge is 0.269 e. The molecule has 0 unspecified atom stereocenters. The number of nitrogens with one attached hydrogen (secondary N) is 2. The van der Waals surface area contributed by atoms with Crippen molar-refractivity contribution in [2.24, 2.45) is 0 Å². The van der Waals surface area contributed by atoms with E-state index in [4.69, 9.17) is 0 Å². The quantitative estimate of drug-likeness (QED) is 0.570. The lowest BCUT2D eigenvalue weighted by atomic mass is 10.1. The van der Waals surface area contributed by atoms with Crippen molar-refractivity contribution in [3.63, 3.8) is 0 Å². The van der Waals surface area contributed by atoms with E-state index in [1.165, 1.54) is 24.3 Å². The number of hydrogen-bond acceptors (Lipinski definition) is 4. The molecule has 0 radical (unpaired) electrons. The highest BCUT2D eigenvalue weighted by molar-refractivity contribution is 6.04. The Balaban J connectivity index is 1.71. The number of non-ortho nitro benzene ring substituents is 1. The minimum Gasteiger partial charge on any atom is -0.345 e. The van der Waals surface area contributed by atoms with Gasteiger partial charge in [-0.15, -0.1) is 0 Å². The number of H-pyrrole nitrogens is 1. The van der Waals surface area contributed by atoms with Gasteiger partial charge in [0.2, 0.25) is 0 Å². The molecule has 0 atom stereocenters. The third kappa shape index (κ3) is 3.24. The van der Waals surface area contributed by atoms with Crippen LogP contribution < -0.4 is 5.32 Å². The van der Waals surface area contributed by atoms with Crippen molar-refractivity contribution in [2.45, 2.75) is 0 Å². The average molecular weight is 308 g/mol. The summed E-state index contributed by atoms with van der Waals surface area (Å²) in [6, 6.07) is 12.6. The number of aromatic amines is 1. The van der Waals surface area contributed by atoms with E-state index >= 15 is 0 Å². The monoisotopic (exact) mass is 308 g/mol. The van der Waals surface area contributed by atoms with Gasteiger partial charge in [-0.1, -0.05) is 0 Å². The summed E-state index contributed by atoms with van der Waals surface area (Å²) in [6.07, 6.45) is 3.40. The third-order valence-corrected chi connectivity index (χ3v) is 3.25. The van der Waals surface area contributed by atoms with E-state index in [1.54, 1.807) is 24.5 Å². The number of rotatable bonds is 4. The number of nitro groups is 1. The van der Waals surface area contributed by atoms with Crippen LogP contribution in [0, 0.1) is 10.1 Å². The predicted molar refractivity (Wildman–Crippen MR) is 85.1 cm³/mol. The van der Waals surface area contributed by atoms with E-state index in [-0.39, 0.29) is 11.6 Å². The normalized spacial score (nSPS) is 10.3. The van der Waals surface area contributed by atoms with E-state index in [1.807, 2.05) is 12.1 Å². The highest BCUT2D eigenvalue weighted by Gasteiger charge is 2.10. The SMILES string of the molecule is O=C(Nc1ccc(-c2ncc[nH]2)cc1)c1ccc([N+](=O)[O-])cc1. The van der Waals surface area contributed by atoms with Crippen LogP contribution in [-0.2, 0) is 0 Å². The van der Waals surface area contributed by atoms with Gasteiger partial charge in [-0.2, -0.15) is 0 Å². The zero-order valence-electron chi connectivity index (χ0n) is 11.9. The molecule has 7 nitrogen and oxygen atoms in total. The highest BCUT2D eigenvalue weighted by atomic mass is 16.6. The van der Waals surface area contributed by atoms with Crippen LogP contribution in [0.2, 0.25) is 0 Å². The maximum Gasteiger partial charge on any atom is 0.269 e. The molecule has 23 heavy (non-hydrogen) atoms. The van der Waals surface area contributed by atoms with Crippen LogP contribution in [0.4, 0.5) is 11.4 Å². The zero-order valence-corrected chi connectivity index (χ0v) is 11.9. The summed E-state index contributed by atoms with van der Waals surface area (Å²) in [4.78, 5) is 29.4. The number of imidazole rings is 1. The minimum atomic E-state index is -0.505. The predicted octanol–water partition coefficient (Wildman–Crippen LogP) is 3.24. The van der Waals surface area contributed by atoms with Crippen molar-refractivity contribution >= 4 is 17.3 Å². The second kappa shape index (κ2) is 6.10. The first-order chi connectivity index (χ1) is 11.1. The Hall–Kier alpha value is -3.48. The number of nitro benzene ring substituents is 1. The Morgan fingerprint density at radius 3 is 2.35 bits per heavy atom. The van der Waals surface area contributed by atoms with Gasteiger partial charge in [0, 0.05) is 41.3 Å².